The lowest BCUT2D eigenvalue weighted by Gasteiger charge is -2.13. The van der Waals surface area contributed by atoms with Crippen LogP contribution in [0.5, 0.6) is 5.88 Å². The highest BCUT2D eigenvalue weighted by Crippen LogP contribution is 2.23. The van der Waals surface area contributed by atoms with Gasteiger partial charge in [-0.3, -0.25) is 4.79 Å². The number of imidazole rings is 1. The summed E-state index contributed by atoms with van der Waals surface area (Å²) in [6, 6.07) is 11.3. The molecule has 0 aliphatic heterocycles. The Hall–Kier alpha value is -2.89. The highest BCUT2D eigenvalue weighted by Gasteiger charge is 2.14. The van der Waals surface area contributed by atoms with E-state index in [-0.39, 0.29) is 11.8 Å². The molecular formula is C19H22N4O2. The summed E-state index contributed by atoms with van der Waals surface area (Å²) in [4.78, 5) is 16.9. The van der Waals surface area contributed by atoms with Gasteiger partial charge in [0.1, 0.15) is 0 Å². The minimum absolute atomic E-state index is 0.0375. The monoisotopic (exact) mass is 338 g/mol. The van der Waals surface area contributed by atoms with Crippen LogP contribution in [-0.2, 0) is 4.79 Å². The summed E-state index contributed by atoms with van der Waals surface area (Å²) in [6.07, 6.45) is 3.52. The minimum atomic E-state index is 0.0375. The Morgan fingerprint density at radius 1 is 1.24 bits per heavy atom. The lowest BCUT2D eigenvalue weighted by molar-refractivity contribution is -0.120. The highest BCUT2D eigenvalue weighted by atomic mass is 16.5. The number of anilines is 1. The van der Waals surface area contributed by atoms with Gasteiger partial charge < -0.3 is 10.1 Å². The Bertz CT molecular complexity index is 884. The van der Waals surface area contributed by atoms with Gasteiger partial charge in [-0.2, -0.15) is 0 Å². The van der Waals surface area contributed by atoms with Gasteiger partial charge in [-0.15, -0.1) is 5.10 Å². The maximum absolute atomic E-state index is 12.3. The van der Waals surface area contributed by atoms with Gasteiger partial charge >= 0.3 is 0 Å². The number of benzene rings is 1. The van der Waals surface area contributed by atoms with Gasteiger partial charge in [0.15, 0.2) is 5.65 Å². The third kappa shape index (κ3) is 3.63. The van der Waals surface area contributed by atoms with E-state index in [2.05, 4.69) is 15.4 Å². The molecule has 0 aliphatic rings. The van der Waals surface area contributed by atoms with Gasteiger partial charge in [-0.1, -0.05) is 26.0 Å². The zero-order valence-corrected chi connectivity index (χ0v) is 14.7. The van der Waals surface area contributed by atoms with E-state index in [0.717, 1.165) is 35.4 Å². The average Bonchev–Trinajstić information content (AvgIpc) is 3.06. The van der Waals surface area contributed by atoms with Crippen LogP contribution in [0.4, 0.5) is 5.69 Å². The minimum Gasteiger partial charge on any atom is -0.480 e. The zero-order chi connectivity index (χ0) is 17.8. The maximum atomic E-state index is 12.3. The normalized spacial score (nSPS) is 11.0. The molecule has 0 spiro atoms. The largest absolute Gasteiger partial charge is 0.480 e. The topological polar surface area (TPSA) is 68.5 Å². The third-order valence-electron chi connectivity index (χ3n) is 4.29. The van der Waals surface area contributed by atoms with Crippen LogP contribution < -0.4 is 10.1 Å². The van der Waals surface area contributed by atoms with Crippen LogP contribution in [0.2, 0.25) is 0 Å². The maximum Gasteiger partial charge on any atom is 0.231 e. The molecule has 130 valence electrons. The van der Waals surface area contributed by atoms with E-state index >= 15 is 0 Å². The first kappa shape index (κ1) is 17.0. The Labute approximate surface area is 146 Å². The number of fused-ring (bicyclic) bond motifs is 1. The molecule has 0 bridgehead atoms. The quantitative estimate of drug-likeness (QED) is 0.742. The van der Waals surface area contributed by atoms with Crippen LogP contribution >= 0.6 is 0 Å². The number of carbonyl (C=O) groups is 1. The molecule has 0 radical (unpaired) electrons. The number of aromatic nitrogens is 3. The summed E-state index contributed by atoms with van der Waals surface area (Å²) in [5.74, 6) is 0.627. The molecule has 0 fully saturated rings. The van der Waals surface area contributed by atoms with Gasteiger partial charge in [-0.25, -0.2) is 9.50 Å². The van der Waals surface area contributed by atoms with Gasteiger partial charge in [0.05, 0.1) is 19.0 Å². The first-order valence-corrected chi connectivity index (χ1v) is 8.46. The molecule has 0 aliphatic carbocycles. The molecule has 3 rings (SSSR count). The molecule has 6 nitrogen and oxygen atoms in total. The van der Waals surface area contributed by atoms with Gasteiger partial charge in [0.2, 0.25) is 11.8 Å². The lowest BCUT2D eigenvalue weighted by Crippen LogP contribution is -2.21. The smallest absolute Gasteiger partial charge is 0.231 e. The molecule has 0 saturated carbocycles. The number of nitrogens with one attached hydrogen (secondary N) is 1. The van der Waals surface area contributed by atoms with E-state index in [1.54, 1.807) is 17.7 Å². The summed E-state index contributed by atoms with van der Waals surface area (Å²) in [5, 5.41) is 7.32. The van der Waals surface area contributed by atoms with Crippen molar-refractivity contribution in [2.45, 2.75) is 26.7 Å². The Balaban J connectivity index is 1.87. The number of hydrogen-bond donors (Lipinski definition) is 1. The van der Waals surface area contributed by atoms with Crippen LogP contribution in [0.3, 0.4) is 0 Å². The molecule has 3 aromatic rings. The van der Waals surface area contributed by atoms with Crippen molar-refractivity contribution in [3.05, 3.63) is 42.6 Å². The van der Waals surface area contributed by atoms with E-state index in [4.69, 9.17) is 4.74 Å². The molecule has 25 heavy (non-hydrogen) atoms. The fraction of sp³-hybridized carbons (Fsp3) is 0.316. The number of amides is 1. The molecule has 1 amide bonds. The van der Waals surface area contributed by atoms with E-state index in [1.807, 2.05) is 50.4 Å². The summed E-state index contributed by atoms with van der Waals surface area (Å²) in [5.41, 5.74) is 3.23. The Morgan fingerprint density at radius 2 is 2.04 bits per heavy atom. The molecule has 1 aromatic carbocycles. The standard InChI is InChI=1S/C19H22N4O2/c1-4-13(5-2)19(24)20-15-8-6-7-14(11-15)16-12-23-17(21-16)9-10-18(22-23)25-3/h6-13H,4-5H2,1-3H3,(H,20,24). The van der Waals surface area contributed by atoms with Crippen LogP contribution in [0.15, 0.2) is 42.6 Å². The van der Waals surface area contributed by atoms with Crippen molar-refractivity contribution in [1.29, 1.82) is 0 Å². The number of carbonyl (C=O) groups excluding carboxylic acids is 1. The van der Waals surface area contributed by atoms with E-state index in [1.165, 1.54) is 0 Å². The Morgan fingerprint density at radius 3 is 2.76 bits per heavy atom. The molecule has 2 aromatic heterocycles. The summed E-state index contributed by atoms with van der Waals surface area (Å²) >= 11 is 0. The third-order valence-corrected chi connectivity index (χ3v) is 4.29. The van der Waals surface area contributed by atoms with E-state index in [0.29, 0.717) is 5.88 Å². The van der Waals surface area contributed by atoms with Crippen molar-refractivity contribution < 1.29 is 9.53 Å². The van der Waals surface area contributed by atoms with Crippen molar-refractivity contribution in [2.24, 2.45) is 5.92 Å². The number of ether oxygens (including phenoxy) is 1. The van der Waals surface area contributed by atoms with Crippen molar-refractivity contribution >= 4 is 17.2 Å². The summed E-state index contributed by atoms with van der Waals surface area (Å²) < 4.78 is 6.82. The van der Waals surface area contributed by atoms with Crippen molar-refractivity contribution in [3.63, 3.8) is 0 Å². The van der Waals surface area contributed by atoms with Crippen molar-refractivity contribution in [3.8, 4) is 17.1 Å². The number of hydrogen-bond acceptors (Lipinski definition) is 4. The SMILES string of the molecule is CCC(CC)C(=O)Nc1cccc(-c2cn3nc(OC)ccc3n2)c1. The predicted molar refractivity (Wildman–Crippen MR) is 97.7 cm³/mol. The Kier molecular flexibility index (Phi) is 4.97. The summed E-state index contributed by atoms with van der Waals surface area (Å²) in [6.45, 7) is 4.06. The molecule has 0 unspecified atom stereocenters. The molecule has 6 heteroatoms. The second kappa shape index (κ2) is 7.34. The van der Waals surface area contributed by atoms with Crippen LogP contribution in [0.25, 0.3) is 16.9 Å². The van der Waals surface area contributed by atoms with Crippen molar-refractivity contribution in [1.82, 2.24) is 14.6 Å². The fourth-order valence-electron chi connectivity index (χ4n) is 2.77. The second-order valence-corrected chi connectivity index (χ2v) is 5.89. The zero-order valence-electron chi connectivity index (χ0n) is 14.7. The first-order valence-electron chi connectivity index (χ1n) is 8.46. The van der Waals surface area contributed by atoms with Crippen LogP contribution in [0, 0.1) is 5.92 Å². The number of methoxy groups -OCH3 is 1. The van der Waals surface area contributed by atoms with Crippen LogP contribution in [-0.4, -0.2) is 27.6 Å². The lowest BCUT2D eigenvalue weighted by atomic mass is 10.0. The molecule has 1 N–H and O–H groups in total. The summed E-state index contributed by atoms with van der Waals surface area (Å²) in [7, 11) is 1.58. The molecular weight excluding hydrogens is 316 g/mol. The first-order chi connectivity index (χ1) is 12.1. The molecule has 2 heterocycles. The second-order valence-electron chi connectivity index (χ2n) is 5.89. The van der Waals surface area contributed by atoms with Crippen LogP contribution in [0.1, 0.15) is 26.7 Å². The average molecular weight is 338 g/mol. The number of nitrogens with zero attached hydrogens (tertiary/aromatic N) is 3. The van der Waals surface area contributed by atoms with Gasteiger partial charge in [0, 0.05) is 23.2 Å². The molecule has 0 saturated heterocycles. The van der Waals surface area contributed by atoms with Gasteiger partial charge in [0.25, 0.3) is 0 Å². The highest BCUT2D eigenvalue weighted by molar-refractivity contribution is 5.93. The van der Waals surface area contributed by atoms with E-state index in [9.17, 15) is 4.79 Å². The van der Waals surface area contributed by atoms with Crippen molar-refractivity contribution in [2.75, 3.05) is 12.4 Å². The molecule has 0 atom stereocenters. The van der Waals surface area contributed by atoms with Gasteiger partial charge in [-0.05, 0) is 31.0 Å². The van der Waals surface area contributed by atoms with E-state index < -0.39 is 0 Å². The number of rotatable bonds is 6. The predicted octanol–water partition coefficient (Wildman–Crippen LogP) is 3.78. The fourth-order valence-corrected chi connectivity index (χ4v) is 2.77.